The molecule has 27 heavy (non-hydrogen) atoms. The average molecular weight is 392 g/mol. The third-order valence-corrected chi connectivity index (χ3v) is 5.17. The molecule has 2 rings (SSSR count). The van der Waals surface area contributed by atoms with Gasteiger partial charge in [-0.1, -0.05) is 12.1 Å². The fraction of sp³-hybridized carbons (Fsp3) is 0.316. The van der Waals surface area contributed by atoms with Crippen molar-refractivity contribution < 1.29 is 22.7 Å². The van der Waals surface area contributed by atoms with E-state index in [4.69, 9.17) is 9.47 Å². The van der Waals surface area contributed by atoms with Gasteiger partial charge < -0.3 is 14.8 Å². The molecule has 0 saturated carbocycles. The van der Waals surface area contributed by atoms with E-state index >= 15 is 0 Å². The smallest absolute Gasteiger partial charge is 0.242 e. The molecule has 0 saturated heterocycles. The summed E-state index contributed by atoms with van der Waals surface area (Å²) in [5, 5.41) is 2.68. The van der Waals surface area contributed by atoms with Gasteiger partial charge in [0.2, 0.25) is 15.9 Å². The van der Waals surface area contributed by atoms with E-state index in [9.17, 15) is 13.2 Å². The molecule has 2 N–H and O–H groups in total. The summed E-state index contributed by atoms with van der Waals surface area (Å²) in [4.78, 5) is 12.5. The second kappa shape index (κ2) is 9.38. The van der Waals surface area contributed by atoms with Crippen LogP contribution < -0.4 is 19.5 Å². The zero-order chi connectivity index (χ0) is 19.9. The number of benzene rings is 2. The van der Waals surface area contributed by atoms with Crippen molar-refractivity contribution in [3.8, 4) is 11.5 Å². The number of carbonyl (C=O) groups is 1. The Bertz CT molecular complexity index is 866. The van der Waals surface area contributed by atoms with Gasteiger partial charge in [0.05, 0.1) is 29.8 Å². The third-order valence-electron chi connectivity index (χ3n) is 3.62. The van der Waals surface area contributed by atoms with E-state index in [1.54, 1.807) is 36.4 Å². The number of carbonyl (C=O) groups excluding carboxylic acids is 1. The average Bonchev–Trinajstić information content (AvgIpc) is 2.64. The topological polar surface area (TPSA) is 93.7 Å². The number of hydrogen-bond acceptors (Lipinski definition) is 5. The molecule has 0 radical (unpaired) electrons. The van der Waals surface area contributed by atoms with Crippen molar-refractivity contribution in [2.75, 3.05) is 18.5 Å². The molecule has 1 atom stereocenters. The lowest BCUT2D eigenvalue weighted by Gasteiger charge is -2.16. The summed E-state index contributed by atoms with van der Waals surface area (Å²) in [6, 6.07) is 12.0. The zero-order valence-corrected chi connectivity index (χ0v) is 16.4. The highest BCUT2D eigenvalue weighted by Crippen LogP contribution is 2.24. The predicted octanol–water partition coefficient (Wildman–Crippen LogP) is 2.79. The van der Waals surface area contributed by atoms with Gasteiger partial charge in [0.1, 0.15) is 11.5 Å². The Morgan fingerprint density at radius 3 is 2.26 bits per heavy atom. The first kappa shape index (κ1) is 20.7. The predicted molar refractivity (Wildman–Crippen MR) is 104 cm³/mol. The third kappa shape index (κ3) is 5.70. The number of para-hydroxylation sites is 2. The summed E-state index contributed by atoms with van der Waals surface area (Å²) in [6.45, 7) is 6.10. The molecule has 2 aromatic carbocycles. The minimum Gasteiger partial charge on any atom is -0.494 e. The van der Waals surface area contributed by atoms with Crippen LogP contribution in [0.25, 0.3) is 0 Å². The van der Waals surface area contributed by atoms with E-state index in [0.717, 1.165) is 0 Å². The van der Waals surface area contributed by atoms with Crippen LogP contribution in [-0.2, 0) is 14.8 Å². The summed E-state index contributed by atoms with van der Waals surface area (Å²) in [6.07, 6.45) is 0. The van der Waals surface area contributed by atoms with Crippen molar-refractivity contribution >= 4 is 21.6 Å². The van der Waals surface area contributed by atoms with Crippen LogP contribution in [0.3, 0.4) is 0 Å². The molecule has 1 amide bonds. The van der Waals surface area contributed by atoms with Crippen molar-refractivity contribution in [2.45, 2.75) is 31.7 Å². The standard InChI is InChI=1S/C19H24N2O5S/c1-4-25-15-10-12-16(13-11-15)27(23,24)21-14(3)19(22)20-17-8-6-7-9-18(17)26-5-2/h6-14,21H,4-5H2,1-3H3,(H,20,22)/t14-/m0/s1. The number of anilines is 1. The van der Waals surface area contributed by atoms with Gasteiger partial charge in [0, 0.05) is 0 Å². The van der Waals surface area contributed by atoms with Crippen molar-refractivity contribution in [3.63, 3.8) is 0 Å². The van der Waals surface area contributed by atoms with E-state index < -0.39 is 22.0 Å². The SMILES string of the molecule is CCOc1ccc(S(=O)(=O)N[C@@H](C)C(=O)Nc2ccccc2OCC)cc1. The van der Waals surface area contributed by atoms with Crippen molar-refractivity contribution in [3.05, 3.63) is 48.5 Å². The second-order valence-corrected chi connectivity index (χ2v) is 7.38. The molecule has 0 aliphatic carbocycles. The lowest BCUT2D eigenvalue weighted by atomic mass is 10.2. The number of ether oxygens (including phenoxy) is 2. The summed E-state index contributed by atoms with van der Waals surface area (Å²) >= 11 is 0. The molecule has 0 unspecified atom stereocenters. The maximum absolute atomic E-state index is 12.5. The molecule has 2 aromatic rings. The Morgan fingerprint density at radius 2 is 1.63 bits per heavy atom. The maximum Gasteiger partial charge on any atom is 0.242 e. The molecule has 146 valence electrons. The van der Waals surface area contributed by atoms with Gasteiger partial charge in [-0.05, 0) is 57.2 Å². The highest BCUT2D eigenvalue weighted by Gasteiger charge is 2.22. The summed E-state index contributed by atoms with van der Waals surface area (Å²) in [5.74, 6) is 0.612. The Kier molecular flexibility index (Phi) is 7.20. The van der Waals surface area contributed by atoms with Crippen LogP contribution in [-0.4, -0.2) is 33.6 Å². The second-order valence-electron chi connectivity index (χ2n) is 5.67. The van der Waals surface area contributed by atoms with Gasteiger partial charge in [-0.15, -0.1) is 0 Å². The Hall–Kier alpha value is -2.58. The first-order valence-corrected chi connectivity index (χ1v) is 10.1. The van der Waals surface area contributed by atoms with Gasteiger partial charge >= 0.3 is 0 Å². The van der Waals surface area contributed by atoms with Crippen LogP contribution in [0.2, 0.25) is 0 Å². The fourth-order valence-electron chi connectivity index (χ4n) is 2.33. The monoisotopic (exact) mass is 392 g/mol. The quantitative estimate of drug-likeness (QED) is 0.684. The number of rotatable bonds is 9. The Labute approximate surface area is 159 Å². The first-order valence-electron chi connectivity index (χ1n) is 8.65. The largest absolute Gasteiger partial charge is 0.494 e. The van der Waals surface area contributed by atoms with Gasteiger partial charge in [0.15, 0.2) is 0 Å². The van der Waals surface area contributed by atoms with Crippen LogP contribution in [0.5, 0.6) is 11.5 Å². The first-order chi connectivity index (χ1) is 12.9. The molecule has 0 aliphatic heterocycles. The van der Waals surface area contributed by atoms with Crippen LogP contribution >= 0.6 is 0 Å². The fourth-order valence-corrected chi connectivity index (χ4v) is 3.53. The highest BCUT2D eigenvalue weighted by atomic mass is 32.2. The minimum absolute atomic E-state index is 0.0559. The molecule has 8 heteroatoms. The van der Waals surface area contributed by atoms with Gasteiger partial charge in [-0.3, -0.25) is 4.79 Å². The van der Waals surface area contributed by atoms with E-state index in [0.29, 0.717) is 30.4 Å². The number of nitrogens with one attached hydrogen (secondary N) is 2. The normalized spacial score (nSPS) is 12.3. The molecule has 0 bridgehead atoms. The zero-order valence-electron chi connectivity index (χ0n) is 15.6. The molecule has 7 nitrogen and oxygen atoms in total. The molecule has 0 aromatic heterocycles. The van der Waals surface area contributed by atoms with E-state index in [1.807, 2.05) is 13.8 Å². The van der Waals surface area contributed by atoms with Crippen LogP contribution in [0.1, 0.15) is 20.8 Å². The van der Waals surface area contributed by atoms with E-state index in [-0.39, 0.29) is 4.90 Å². The molecular formula is C19H24N2O5S. The minimum atomic E-state index is -3.85. The maximum atomic E-state index is 12.5. The van der Waals surface area contributed by atoms with Crippen LogP contribution in [0.4, 0.5) is 5.69 Å². The highest BCUT2D eigenvalue weighted by molar-refractivity contribution is 7.89. The van der Waals surface area contributed by atoms with Crippen molar-refractivity contribution in [2.24, 2.45) is 0 Å². The van der Waals surface area contributed by atoms with Crippen LogP contribution in [0.15, 0.2) is 53.4 Å². The van der Waals surface area contributed by atoms with Crippen molar-refractivity contribution in [1.29, 1.82) is 0 Å². The lowest BCUT2D eigenvalue weighted by Crippen LogP contribution is -2.41. The molecule has 0 fully saturated rings. The lowest BCUT2D eigenvalue weighted by molar-refractivity contribution is -0.117. The van der Waals surface area contributed by atoms with Gasteiger partial charge in [-0.2, -0.15) is 4.72 Å². The molecule has 0 aliphatic rings. The molecule has 0 heterocycles. The Morgan fingerprint density at radius 1 is 1.00 bits per heavy atom. The summed E-state index contributed by atoms with van der Waals surface area (Å²) < 4.78 is 38.1. The molecule has 0 spiro atoms. The van der Waals surface area contributed by atoms with Gasteiger partial charge in [-0.25, -0.2) is 8.42 Å². The summed E-state index contributed by atoms with van der Waals surface area (Å²) in [7, 11) is -3.85. The van der Waals surface area contributed by atoms with E-state index in [2.05, 4.69) is 10.0 Å². The van der Waals surface area contributed by atoms with Gasteiger partial charge in [0.25, 0.3) is 0 Å². The number of sulfonamides is 1. The van der Waals surface area contributed by atoms with Crippen LogP contribution in [0, 0.1) is 0 Å². The van der Waals surface area contributed by atoms with Crippen molar-refractivity contribution in [1.82, 2.24) is 4.72 Å². The molecular weight excluding hydrogens is 368 g/mol. The Balaban J connectivity index is 2.06. The van der Waals surface area contributed by atoms with E-state index in [1.165, 1.54) is 19.1 Å². The summed E-state index contributed by atoms with van der Waals surface area (Å²) in [5.41, 5.74) is 0.483. The number of hydrogen-bond donors (Lipinski definition) is 2. The number of amides is 1.